The molecule has 5 rings (SSSR count). The van der Waals surface area contributed by atoms with Crippen LogP contribution in [0.3, 0.4) is 0 Å². The lowest BCUT2D eigenvalue weighted by Crippen LogP contribution is -2.56. The number of rotatable bonds is 10. The molecule has 3 aliphatic rings. The van der Waals surface area contributed by atoms with E-state index in [9.17, 15) is 19.5 Å². The number of nitrogens with one attached hydrogen (secondary N) is 2. The van der Waals surface area contributed by atoms with Gasteiger partial charge in [-0.2, -0.15) is 0 Å². The third-order valence-corrected chi connectivity index (χ3v) is 10.9. The van der Waals surface area contributed by atoms with Crippen LogP contribution in [0.1, 0.15) is 40.5 Å². The second kappa shape index (κ2) is 11.4. The fraction of sp³-hybridized carbons (Fsp3) is 0.516. The van der Waals surface area contributed by atoms with E-state index in [0.717, 1.165) is 25.2 Å². The van der Waals surface area contributed by atoms with E-state index in [4.69, 9.17) is 0 Å². The van der Waals surface area contributed by atoms with Gasteiger partial charge in [-0.05, 0) is 69.0 Å². The summed E-state index contributed by atoms with van der Waals surface area (Å²) in [5.41, 5.74) is 2.43. The Balaban J connectivity index is 1.46. The molecule has 2 unspecified atom stereocenters. The number of nitrogens with zero attached hydrogens (tertiary/aromatic N) is 2. The molecular weight excluding hydrogens is 524 g/mol. The summed E-state index contributed by atoms with van der Waals surface area (Å²) in [4.78, 5) is 45.8. The third-order valence-electron chi connectivity index (χ3n) is 8.91. The van der Waals surface area contributed by atoms with Gasteiger partial charge in [-0.3, -0.25) is 14.4 Å². The molecule has 214 valence electrons. The molecule has 6 atom stereocenters. The minimum absolute atomic E-state index is 0.0323. The van der Waals surface area contributed by atoms with Crippen molar-refractivity contribution in [2.45, 2.75) is 62.6 Å². The molecule has 0 aromatic heterocycles. The molecule has 1 spiro atoms. The van der Waals surface area contributed by atoms with Gasteiger partial charge in [-0.15, -0.1) is 11.8 Å². The van der Waals surface area contributed by atoms with E-state index in [0.29, 0.717) is 17.8 Å². The summed E-state index contributed by atoms with van der Waals surface area (Å²) in [6.45, 7) is 9.64. The molecular formula is C31H40N4O4S. The van der Waals surface area contributed by atoms with Gasteiger partial charge in [-0.25, -0.2) is 0 Å². The Morgan fingerprint density at radius 2 is 1.65 bits per heavy atom. The molecule has 2 aromatic rings. The Morgan fingerprint density at radius 1 is 1.02 bits per heavy atom. The van der Waals surface area contributed by atoms with Crippen LogP contribution < -0.4 is 15.5 Å². The number of carbonyl (C=O) groups is 3. The van der Waals surface area contributed by atoms with Crippen LogP contribution >= 0.6 is 11.8 Å². The predicted octanol–water partition coefficient (Wildman–Crippen LogP) is 4.22. The molecule has 3 N–H and O–H groups in total. The van der Waals surface area contributed by atoms with Gasteiger partial charge in [0.15, 0.2) is 0 Å². The molecule has 8 nitrogen and oxygen atoms in total. The number of hydrogen-bond donors (Lipinski definition) is 3. The topological polar surface area (TPSA) is 102 Å². The highest BCUT2D eigenvalue weighted by atomic mass is 32.2. The quantitative estimate of drug-likeness (QED) is 0.400. The van der Waals surface area contributed by atoms with Crippen molar-refractivity contribution in [3.05, 3.63) is 54.6 Å². The number of benzene rings is 2. The second-order valence-corrected chi connectivity index (χ2v) is 13.0. The number of hydrogen-bond acceptors (Lipinski definition) is 6. The first-order valence-electron chi connectivity index (χ1n) is 14.4. The minimum atomic E-state index is -0.781. The SMILES string of the molecule is CCN(CC)c1ccc(NC(=O)C2N([C@@H](CO)C(C)C)C(=O)[C@@H]3[C@@H](C(=O)Nc4ccccc4)[C@H]4CCC23S4)cc1. The normalized spacial score (nSPS) is 27.6. The molecule has 0 aliphatic carbocycles. The van der Waals surface area contributed by atoms with Crippen LogP contribution in [-0.2, 0) is 14.4 Å². The number of thioether (sulfide) groups is 1. The second-order valence-electron chi connectivity index (χ2n) is 11.4. The van der Waals surface area contributed by atoms with Crippen molar-refractivity contribution in [1.29, 1.82) is 0 Å². The molecule has 3 saturated heterocycles. The van der Waals surface area contributed by atoms with Crippen molar-refractivity contribution in [3.8, 4) is 0 Å². The van der Waals surface area contributed by atoms with Crippen LogP contribution in [0.4, 0.5) is 17.1 Å². The van der Waals surface area contributed by atoms with Crippen molar-refractivity contribution in [2.75, 3.05) is 35.2 Å². The zero-order valence-corrected chi connectivity index (χ0v) is 24.5. The van der Waals surface area contributed by atoms with E-state index in [1.807, 2.05) is 68.4 Å². The molecule has 40 heavy (non-hydrogen) atoms. The first kappa shape index (κ1) is 28.5. The van der Waals surface area contributed by atoms with Gasteiger partial charge in [-0.1, -0.05) is 32.0 Å². The van der Waals surface area contributed by atoms with E-state index in [1.165, 1.54) is 0 Å². The Morgan fingerprint density at radius 3 is 2.25 bits per heavy atom. The number of fused-ring (bicyclic) bond motifs is 1. The molecule has 9 heteroatoms. The van der Waals surface area contributed by atoms with E-state index in [1.54, 1.807) is 16.7 Å². The number of aliphatic hydroxyl groups is 1. The third kappa shape index (κ3) is 4.77. The standard InChI is InChI=1S/C31H40N4O4S/c1-5-34(6-2)22-14-12-21(13-15-22)33-29(38)27-31-17-16-24(40-31)25(28(37)32-20-10-8-7-9-11-20)26(31)30(39)35(27)23(18-36)19(3)4/h7-15,19,23-27,36H,5-6,16-18H2,1-4H3,(H,32,37)(H,33,38)/t23-,24+,25-,26-,27?,31?/m0/s1. The zero-order valence-electron chi connectivity index (χ0n) is 23.7. The van der Waals surface area contributed by atoms with Crippen molar-refractivity contribution in [3.63, 3.8) is 0 Å². The van der Waals surface area contributed by atoms with Crippen LogP contribution in [0.25, 0.3) is 0 Å². The van der Waals surface area contributed by atoms with Gasteiger partial charge >= 0.3 is 0 Å². The fourth-order valence-electron chi connectivity index (χ4n) is 6.97. The molecule has 3 heterocycles. The van der Waals surface area contributed by atoms with Crippen LogP contribution in [0.2, 0.25) is 0 Å². The van der Waals surface area contributed by atoms with Gasteiger partial charge in [0.1, 0.15) is 6.04 Å². The minimum Gasteiger partial charge on any atom is -0.394 e. The van der Waals surface area contributed by atoms with E-state index >= 15 is 0 Å². The van der Waals surface area contributed by atoms with E-state index < -0.39 is 28.7 Å². The smallest absolute Gasteiger partial charge is 0.248 e. The van der Waals surface area contributed by atoms with Crippen molar-refractivity contribution in [1.82, 2.24) is 4.90 Å². The lowest BCUT2D eigenvalue weighted by atomic mass is 9.70. The number of carbonyl (C=O) groups excluding carboxylic acids is 3. The predicted molar refractivity (Wildman–Crippen MR) is 160 cm³/mol. The fourth-order valence-corrected chi connectivity index (χ4v) is 9.18. The zero-order chi connectivity index (χ0) is 28.6. The summed E-state index contributed by atoms with van der Waals surface area (Å²) in [7, 11) is 0. The van der Waals surface area contributed by atoms with Crippen LogP contribution in [-0.4, -0.2) is 69.5 Å². The van der Waals surface area contributed by atoms with Crippen LogP contribution in [0, 0.1) is 17.8 Å². The Hall–Kier alpha value is -3.04. The molecule has 0 saturated carbocycles. The Labute approximate surface area is 240 Å². The van der Waals surface area contributed by atoms with Crippen molar-refractivity contribution in [2.24, 2.45) is 17.8 Å². The van der Waals surface area contributed by atoms with E-state index in [2.05, 4.69) is 29.4 Å². The average molecular weight is 565 g/mol. The lowest BCUT2D eigenvalue weighted by molar-refractivity contribution is -0.142. The summed E-state index contributed by atoms with van der Waals surface area (Å²) in [6.07, 6.45) is 1.45. The molecule has 2 bridgehead atoms. The summed E-state index contributed by atoms with van der Waals surface area (Å²) < 4.78 is -0.714. The van der Waals surface area contributed by atoms with Crippen LogP contribution in [0.5, 0.6) is 0 Å². The first-order chi connectivity index (χ1) is 19.2. The monoisotopic (exact) mass is 564 g/mol. The molecule has 3 fully saturated rings. The number of amides is 3. The largest absolute Gasteiger partial charge is 0.394 e. The van der Waals surface area contributed by atoms with Crippen LogP contribution in [0.15, 0.2) is 54.6 Å². The molecule has 0 radical (unpaired) electrons. The first-order valence-corrected chi connectivity index (χ1v) is 15.3. The summed E-state index contributed by atoms with van der Waals surface area (Å²) >= 11 is 1.63. The highest BCUT2D eigenvalue weighted by Crippen LogP contribution is 2.66. The molecule has 3 aliphatic heterocycles. The highest BCUT2D eigenvalue weighted by molar-refractivity contribution is 8.02. The van der Waals surface area contributed by atoms with Gasteiger partial charge in [0, 0.05) is 35.4 Å². The van der Waals surface area contributed by atoms with Crippen molar-refractivity contribution < 1.29 is 19.5 Å². The number of likely N-dealkylation sites (tertiary alicyclic amines) is 1. The highest BCUT2D eigenvalue weighted by Gasteiger charge is 2.74. The molecule has 2 aromatic carbocycles. The summed E-state index contributed by atoms with van der Waals surface area (Å²) in [6, 6.07) is 15.7. The van der Waals surface area contributed by atoms with Gasteiger partial charge in [0.25, 0.3) is 0 Å². The van der Waals surface area contributed by atoms with E-state index in [-0.39, 0.29) is 35.5 Å². The maximum Gasteiger partial charge on any atom is 0.248 e. The molecule has 3 amide bonds. The van der Waals surface area contributed by atoms with Gasteiger partial charge in [0.2, 0.25) is 17.7 Å². The Kier molecular flexibility index (Phi) is 8.15. The van der Waals surface area contributed by atoms with Gasteiger partial charge in [0.05, 0.1) is 29.2 Å². The van der Waals surface area contributed by atoms with Crippen molar-refractivity contribution >= 4 is 46.5 Å². The van der Waals surface area contributed by atoms with Gasteiger partial charge < -0.3 is 25.5 Å². The summed E-state index contributed by atoms with van der Waals surface area (Å²) in [5, 5.41) is 16.4. The maximum absolute atomic E-state index is 14.2. The Bertz CT molecular complexity index is 1240. The average Bonchev–Trinajstić information content (AvgIpc) is 3.59. The number of aliphatic hydroxyl groups excluding tert-OH is 1. The maximum atomic E-state index is 14.2. The number of para-hydroxylation sites is 1. The lowest BCUT2D eigenvalue weighted by Gasteiger charge is -2.38. The number of anilines is 3. The summed E-state index contributed by atoms with van der Waals surface area (Å²) in [5.74, 6) is -1.86.